The summed E-state index contributed by atoms with van der Waals surface area (Å²) in [5, 5.41) is 4.14. The minimum atomic E-state index is 0.851. The molecule has 0 amide bonds. The van der Waals surface area contributed by atoms with E-state index in [4.69, 9.17) is 0 Å². The van der Waals surface area contributed by atoms with Crippen molar-refractivity contribution in [2.24, 2.45) is 0 Å². The Bertz CT molecular complexity index is 377. The summed E-state index contributed by atoms with van der Waals surface area (Å²) in [5.74, 6) is 0. The highest BCUT2D eigenvalue weighted by Gasteiger charge is 2.14. The molecule has 1 aromatic carbocycles. The second-order valence-corrected chi connectivity index (χ2v) is 6.53. The lowest BCUT2D eigenvalue weighted by atomic mass is 10.0. The Balaban J connectivity index is 1.81. The Morgan fingerprint density at radius 3 is 2.58 bits per heavy atom. The first-order valence-corrected chi connectivity index (χ1v) is 8.40. The summed E-state index contributed by atoms with van der Waals surface area (Å²) < 4.78 is 0. The van der Waals surface area contributed by atoms with Crippen LogP contribution in [0.3, 0.4) is 0 Å². The third kappa shape index (κ3) is 5.42. The summed E-state index contributed by atoms with van der Waals surface area (Å²) in [6, 6.07) is 9.00. The molecule has 104 valence electrons. The smallest absolute Gasteiger partial charge is 0.0138 e. The van der Waals surface area contributed by atoms with Crippen molar-refractivity contribution >= 4 is 17.8 Å². The zero-order chi connectivity index (χ0) is 13.3. The quantitative estimate of drug-likeness (QED) is 0.753. The Hall–Kier alpha value is -0.730. The SMILES string of the molecule is CCNCC=Cc1ccc(SC2CCCCC2)cc1. The second kappa shape index (κ2) is 8.44. The van der Waals surface area contributed by atoms with E-state index in [0.29, 0.717) is 0 Å². The van der Waals surface area contributed by atoms with Crippen molar-refractivity contribution in [3.05, 3.63) is 35.9 Å². The summed E-state index contributed by atoms with van der Waals surface area (Å²) in [7, 11) is 0. The lowest BCUT2D eigenvalue weighted by molar-refractivity contribution is 0.516. The Kier molecular flexibility index (Phi) is 6.52. The van der Waals surface area contributed by atoms with Crippen LogP contribution in [-0.2, 0) is 0 Å². The van der Waals surface area contributed by atoms with Gasteiger partial charge in [-0.2, -0.15) is 0 Å². The molecule has 2 rings (SSSR count). The van der Waals surface area contributed by atoms with Crippen LogP contribution in [0.2, 0.25) is 0 Å². The van der Waals surface area contributed by atoms with Gasteiger partial charge in [0, 0.05) is 16.7 Å². The third-order valence-electron chi connectivity index (χ3n) is 3.56. The van der Waals surface area contributed by atoms with E-state index < -0.39 is 0 Å². The molecule has 0 saturated heterocycles. The molecule has 0 aliphatic heterocycles. The molecule has 1 N–H and O–H groups in total. The Morgan fingerprint density at radius 1 is 1.16 bits per heavy atom. The van der Waals surface area contributed by atoms with Gasteiger partial charge >= 0.3 is 0 Å². The molecule has 0 unspecified atom stereocenters. The molecular weight excluding hydrogens is 250 g/mol. The largest absolute Gasteiger partial charge is 0.314 e. The van der Waals surface area contributed by atoms with Crippen LogP contribution in [0, 0.1) is 0 Å². The summed E-state index contributed by atoms with van der Waals surface area (Å²) >= 11 is 2.07. The van der Waals surface area contributed by atoms with Crippen LogP contribution in [0.15, 0.2) is 35.2 Å². The monoisotopic (exact) mass is 275 g/mol. The molecule has 1 fully saturated rings. The first-order chi connectivity index (χ1) is 9.38. The fourth-order valence-corrected chi connectivity index (χ4v) is 3.70. The Morgan fingerprint density at radius 2 is 1.89 bits per heavy atom. The predicted molar refractivity (Wildman–Crippen MR) is 86.7 cm³/mol. The van der Waals surface area contributed by atoms with Crippen LogP contribution < -0.4 is 5.32 Å². The lowest BCUT2D eigenvalue weighted by Crippen LogP contribution is -2.11. The molecule has 1 aliphatic carbocycles. The maximum atomic E-state index is 3.29. The molecule has 0 heterocycles. The minimum Gasteiger partial charge on any atom is -0.314 e. The zero-order valence-corrected chi connectivity index (χ0v) is 12.7. The number of benzene rings is 1. The number of likely N-dealkylation sites (N-methyl/N-ethyl adjacent to an activating group) is 1. The summed E-state index contributed by atoms with van der Waals surface area (Å²) in [4.78, 5) is 1.43. The van der Waals surface area contributed by atoms with Crippen molar-refractivity contribution in [2.45, 2.75) is 49.2 Å². The van der Waals surface area contributed by atoms with E-state index in [1.807, 2.05) is 0 Å². The predicted octanol–water partition coefficient (Wildman–Crippen LogP) is 4.73. The molecule has 0 atom stereocenters. The number of hydrogen-bond acceptors (Lipinski definition) is 2. The highest BCUT2D eigenvalue weighted by Crippen LogP contribution is 2.33. The van der Waals surface area contributed by atoms with Gasteiger partial charge in [0.1, 0.15) is 0 Å². The van der Waals surface area contributed by atoms with Crippen molar-refractivity contribution in [2.75, 3.05) is 13.1 Å². The highest BCUT2D eigenvalue weighted by molar-refractivity contribution is 8.00. The summed E-state index contributed by atoms with van der Waals surface area (Å²) in [6.07, 6.45) is 11.5. The maximum Gasteiger partial charge on any atom is 0.0138 e. The lowest BCUT2D eigenvalue weighted by Gasteiger charge is -2.20. The van der Waals surface area contributed by atoms with Crippen molar-refractivity contribution in [3.63, 3.8) is 0 Å². The molecule has 19 heavy (non-hydrogen) atoms. The molecule has 0 aromatic heterocycles. The maximum absolute atomic E-state index is 3.29. The second-order valence-electron chi connectivity index (χ2n) is 5.16. The van der Waals surface area contributed by atoms with Gasteiger partial charge in [0.05, 0.1) is 0 Å². The van der Waals surface area contributed by atoms with Gasteiger partial charge in [-0.05, 0) is 37.1 Å². The van der Waals surface area contributed by atoms with Crippen LogP contribution in [0.1, 0.15) is 44.6 Å². The number of hydrogen-bond donors (Lipinski definition) is 1. The van der Waals surface area contributed by atoms with Crippen LogP contribution in [0.4, 0.5) is 0 Å². The van der Waals surface area contributed by atoms with Gasteiger partial charge in [0.15, 0.2) is 0 Å². The van der Waals surface area contributed by atoms with Gasteiger partial charge in [-0.15, -0.1) is 11.8 Å². The number of thioether (sulfide) groups is 1. The molecule has 1 saturated carbocycles. The third-order valence-corrected chi connectivity index (χ3v) is 4.91. The van der Waals surface area contributed by atoms with Crippen LogP contribution in [-0.4, -0.2) is 18.3 Å². The minimum absolute atomic E-state index is 0.851. The van der Waals surface area contributed by atoms with Crippen molar-refractivity contribution in [1.29, 1.82) is 0 Å². The van der Waals surface area contributed by atoms with Crippen molar-refractivity contribution in [1.82, 2.24) is 5.32 Å². The topological polar surface area (TPSA) is 12.0 Å². The van der Waals surface area contributed by atoms with Gasteiger partial charge in [0.2, 0.25) is 0 Å². The van der Waals surface area contributed by atoms with Gasteiger partial charge in [-0.25, -0.2) is 0 Å². The first kappa shape index (κ1) is 14.7. The fourth-order valence-electron chi connectivity index (χ4n) is 2.46. The van der Waals surface area contributed by atoms with E-state index in [0.717, 1.165) is 18.3 Å². The van der Waals surface area contributed by atoms with Crippen LogP contribution in [0.25, 0.3) is 6.08 Å². The van der Waals surface area contributed by atoms with Gasteiger partial charge in [-0.1, -0.05) is 50.5 Å². The van der Waals surface area contributed by atoms with E-state index in [2.05, 4.69) is 60.4 Å². The van der Waals surface area contributed by atoms with Crippen LogP contribution in [0.5, 0.6) is 0 Å². The molecule has 2 heteroatoms. The van der Waals surface area contributed by atoms with E-state index in [1.54, 1.807) is 0 Å². The molecule has 1 aliphatic rings. The van der Waals surface area contributed by atoms with Gasteiger partial charge < -0.3 is 5.32 Å². The van der Waals surface area contributed by atoms with E-state index in [1.165, 1.54) is 42.6 Å². The average Bonchev–Trinajstić information content (AvgIpc) is 2.46. The molecule has 0 radical (unpaired) electrons. The van der Waals surface area contributed by atoms with E-state index >= 15 is 0 Å². The molecular formula is C17H25NS. The molecule has 1 aromatic rings. The normalized spacial score (nSPS) is 17.1. The molecule has 1 nitrogen and oxygen atoms in total. The number of rotatable bonds is 6. The van der Waals surface area contributed by atoms with Crippen LogP contribution >= 0.6 is 11.8 Å². The van der Waals surface area contributed by atoms with Crippen molar-refractivity contribution < 1.29 is 0 Å². The van der Waals surface area contributed by atoms with Gasteiger partial charge in [0.25, 0.3) is 0 Å². The Labute approximate surface area is 121 Å². The van der Waals surface area contributed by atoms with E-state index in [9.17, 15) is 0 Å². The summed E-state index contributed by atoms with van der Waals surface area (Å²) in [5.41, 5.74) is 1.30. The number of nitrogens with one attached hydrogen (secondary N) is 1. The highest BCUT2D eigenvalue weighted by atomic mass is 32.2. The van der Waals surface area contributed by atoms with Gasteiger partial charge in [-0.3, -0.25) is 0 Å². The zero-order valence-electron chi connectivity index (χ0n) is 11.9. The molecule has 0 spiro atoms. The average molecular weight is 275 g/mol. The van der Waals surface area contributed by atoms with E-state index in [-0.39, 0.29) is 0 Å². The summed E-state index contributed by atoms with van der Waals surface area (Å²) in [6.45, 7) is 4.11. The first-order valence-electron chi connectivity index (χ1n) is 7.52. The fraction of sp³-hybridized carbons (Fsp3) is 0.529. The molecule has 0 bridgehead atoms. The van der Waals surface area contributed by atoms with Crippen molar-refractivity contribution in [3.8, 4) is 0 Å². The standard InChI is InChI=1S/C17H25NS/c1-2-18-14-6-7-15-10-12-17(13-11-15)19-16-8-4-3-5-9-16/h6-7,10-13,16,18H,2-5,8-9,14H2,1H3.